The number of carbonyl (C=O) groups is 3. The van der Waals surface area contributed by atoms with Gasteiger partial charge in [0.15, 0.2) is 6.61 Å². The summed E-state index contributed by atoms with van der Waals surface area (Å²) in [5.41, 5.74) is 1.16. The first-order valence-corrected chi connectivity index (χ1v) is 7.99. The second kappa shape index (κ2) is 9.22. The molecule has 2 N–H and O–H groups in total. The van der Waals surface area contributed by atoms with E-state index in [0.29, 0.717) is 5.56 Å². The maximum Gasteiger partial charge on any atom is 0.340 e. The van der Waals surface area contributed by atoms with Crippen molar-refractivity contribution in [2.75, 3.05) is 18.5 Å². The van der Waals surface area contributed by atoms with E-state index in [-0.39, 0.29) is 30.0 Å². The molecule has 0 heterocycles. The number of esters is 2. The quantitative estimate of drug-likeness (QED) is 0.737. The van der Waals surface area contributed by atoms with Crippen LogP contribution in [0.3, 0.4) is 0 Å². The molecule has 7 heteroatoms. The molecule has 0 saturated carbocycles. The number of nitrogens with one attached hydrogen (secondary N) is 1. The molecule has 2 rings (SSSR count). The molecule has 0 fully saturated rings. The van der Waals surface area contributed by atoms with E-state index in [2.05, 4.69) is 5.32 Å². The highest BCUT2D eigenvalue weighted by Gasteiger charge is 2.15. The number of hydrogen-bond acceptors (Lipinski definition) is 6. The zero-order chi connectivity index (χ0) is 18.9. The van der Waals surface area contributed by atoms with Crippen LogP contribution < -0.4 is 5.32 Å². The molecule has 136 valence electrons. The molecule has 0 atom stereocenters. The highest BCUT2D eigenvalue weighted by Crippen LogP contribution is 2.16. The molecule has 0 aliphatic rings. The van der Waals surface area contributed by atoms with Gasteiger partial charge < -0.3 is 19.9 Å². The largest absolute Gasteiger partial charge is 0.508 e. The number of amides is 1. The average molecular weight is 357 g/mol. The number of rotatable bonds is 7. The Morgan fingerprint density at radius 3 is 2.38 bits per heavy atom. The van der Waals surface area contributed by atoms with Crippen LogP contribution in [0, 0.1) is 0 Å². The smallest absolute Gasteiger partial charge is 0.340 e. The Kier molecular flexibility index (Phi) is 6.73. The number of carbonyl (C=O) groups excluding carboxylic acids is 3. The monoisotopic (exact) mass is 357 g/mol. The van der Waals surface area contributed by atoms with Crippen molar-refractivity contribution >= 4 is 23.5 Å². The van der Waals surface area contributed by atoms with Crippen molar-refractivity contribution in [2.45, 2.75) is 13.3 Å². The topological polar surface area (TPSA) is 102 Å². The Hall–Kier alpha value is -3.35. The molecule has 0 aliphatic heterocycles. The second-order valence-electron chi connectivity index (χ2n) is 5.32. The molecule has 0 aromatic heterocycles. The van der Waals surface area contributed by atoms with Crippen molar-refractivity contribution in [1.29, 1.82) is 0 Å². The van der Waals surface area contributed by atoms with Crippen molar-refractivity contribution < 1.29 is 29.0 Å². The molecule has 7 nitrogen and oxygen atoms in total. The van der Waals surface area contributed by atoms with E-state index in [1.807, 2.05) is 0 Å². The van der Waals surface area contributed by atoms with Gasteiger partial charge in [0.1, 0.15) is 5.75 Å². The zero-order valence-electron chi connectivity index (χ0n) is 14.2. The van der Waals surface area contributed by atoms with Gasteiger partial charge in [-0.1, -0.05) is 24.3 Å². The lowest BCUT2D eigenvalue weighted by Gasteiger charge is -2.10. The summed E-state index contributed by atoms with van der Waals surface area (Å²) in [5, 5.41) is 11.7. The second-order valence-corrected chi connectivity index (χ2v) is 5.32. The summed E-state index contributed by atoms with van der Waals surface area (Å²) in [4.78, 5) is 35.6. The van der Waals surface area contributed by atoms with Crippen LogP contribution in [0.1, 0.15) is 22.8 Å². The van der Waals surface area contributed by atoms with Crippen molar-refractivity contribution in [3.05, 3.63) is 59.7 Å². The van der Waals surface area contributed by atoms with Gasteiger partial charge in [0.05, 0.1) is 24.3 Å². The van der Waals surface area contributed by atoms with Gasteiger partial charge in [0.2, 0.25) is 0 Å². The summed E-state index contributed by atoms with van der Waals surface area (Å²) < 4.78 is 9.86. The van der Waals surface area contributed by atoms with Crippen molar-refractivity contribution in [3.63, 3.8) is 0 Å². The van der Waals surface area contributed by atoms with E-state index in [4.69, 9.17) is 9.47 Å². The summed E-state index contributed by atoms with van der Waals surface area (Å²) in [6.07, 6.45) is -0.0209. The molecule has 0 radical (unpaired) electrons. The molecule has 26 heavy (non-hydrogen) atoms. The number of hydrogen-bond donors (Lipinski definition) is 2. The van der Waals surface area contributed by atoms with Crippen LogP contribution in [-0.4, -0.2) is 36.2 Å². The van der Waals surface area contributed by atoms with Gasteiger partial charge in [-0.05, 0) is 36.8 Å². The lowest BCUT2D eigenvalue weighted by Crippen LogP contribution is -2.23. The number of benzene rings is 2. The third kappa shape index (κ3) is 5.62. The molecule has 0 spiro atoms. The molecular weight excluding hydrogens is 338 g/mol. The molecule has 2 aromatic rings. The fourth-order valence-electron chi connectivity index (χ4n) is 2.14. The Morgan fingerprint density at radius 1 is 1.00 bits per heavy atom. The van der Waals surface area contributed by atoms with Gasteiger partial charge >= 0.3 is 11.9 Å². The lowest BCUT2D eigenvalue weighted by atomic mass is 10.1. The Morgan fingerprint density at radius 2 is 1.69 bits per heavy atom. The van der Waals surface area contributed by atoms with Gasteiger partial charge in [0, 0.05) is 0 Å². The molecule has 0 aliphatic carbocycles. The summed E-state index contributed by atoms with van der Waals surface area (Å²) in [7, 11) is 0. The Labute approximate surface area is 150 Å². The molecular formula is C19H19NO6. The molecule has 0 unspecified atom stereocenters. The number of phenols is 1. The van der Waals surface area contributed by atoms with E-state index in [9.17, 15) is 19.5 Å². The molecule has 1 amide bonds. The summed E-state index contributed by atoms with van der Waals surface area (Å²) >= 11 is 0. The summed E-state index contributed by atoms with van der Waals surface area (Å²) in [5.74, 6) is -1.60. The maximum absolute atomic E-state index is 12.0. The molecule has 0 saturated heterocycles. The van der Waals surface area contributed by atoms with E-state index in [0.717, 1.165) is 0 Å². The van der Waals surface area contributed by atoms with Crippen LogP contribution in [0.4, 0.5) is 5.69 Å². The minimum atomic E-state index is -0.579. The fraction of sp³-hybridized carbons (Fsp3) is 0.211. The number of ether oxygens (including phenoxy) is 2. The third-order valence-electron chi connectivity index (χ3n) is 3.35. The van der Waals surface area contributed by atoms with Crippen LogP contribution in [0.15, 0.2) is 48.5 Å². The normalized spacial score (nSPS) is 10.0. The highest BCUT2D eigenvalue weighted by atomic mass is 16.5. The first-order chi connectivity index (χ1) is 12.5. The van der Waals surface area contributed by atoms with Crippen LogP contribution >= 0.6 is 0 Å². The Bertz CT molecular complexity index is 785. The van der Waals surface area contributed by atoms with Gasteiger partial charge in [-0.3, -0.25) is 9.59 Å². The Balaban J connectivity index is 1.88. The standard InChI is InChI=1S/C19H19NO6/c1-2-25-19(24)15-5-3-4-6-16(15)20-17(22)12-26-18(23)11-13-7-9-14(21)10-8-13/h3-10,21H,2,11-12H2,1H3,(H,20,22). The molecule has 0 bridgehead atoms. The van der Waals surface area contributed by atoms with Crippen LogP contribution in [0.25, 0.3) is 0 Å². The van der Waals surface area contributed by atoms with E-state index in [1.54, 1.807) is 37.3 Å². The van der Waals surface area contributed by atoms with Crippen molar-refractivity contribution in [3.8, 4) is 5.75 Å². The average Bonchev–Trinajstić information content (AvgIpc) is 2.62. The van der Waals surface area contributed by atoms with Crippen LogP contribution in [0.5, 0.6) is 5.75 Å². The predicted octanol–water partition coefficient (Wildman–Crippen LogP) is 2.29. The van der Waals surface area contributed by atoms with Gasteiger partial charge in [-0.15, -0.1) is 0 Å². The first-order valence-electron chi connectivity index (χ1n) is 7.99. The first kappa shape index (κ1) is 19.0. The number of anilines is 1. The SMILES string of the molecule is CCOC(=O)c1ccccc1NC(=O)COC(=O)Cc1ccc(O)cc1. The highest BCUT2D eigenvalue weighted by molar-refractivity contribution is 6.01. The minimum absolute atomic E-state index is 0.0209. The van der Waals surface area contributed by atoms with E-state index >= 15 is 0 Å². The number of aromatic hydroxyl groups is 1. The number of para-hydroxylation sites is 1. The lowest BCUT2D eigenvalue weighted by molar-refractivity contribution is -0.146. The van der Waals surface area contributed by atoms with Gasteiger partial charge in [0.25, 0.3) is 5.91 Å². The van der Waals surface area contributed by atoms with Crippen molar-refractivity contribution in [2.24, 2.45) is 0 Å². The maximum atomic E-state index is 12.0. The van der Waals surface area contributed by atoms with Crippen molar-refractivity contribution in [1.82, 2.24) is 0 Å². The van der Waals surface area contributed by atoms with Gasteiger partial charge in [-0.25, -0.2) is 4.79 Å². The fourth-order valence-corrected chi connectivity index (χ4v) is 2.14. The zero-order valence-corrected chi connectivity index (χ0v) is 14.2. The van der Waals surface area contributed by atoms with Crippen LogP contribution in [-0.2, 0) is 25.5 Å². The minimum Gasteiger partial charge on any atom is -0.508 e. The predicted molar refractivity (Wildman–Crippen MR) is 93.8 cm³/mol. The number of phenolic OH excluding ortho intramolecular Hbond substituents is 1. The third-order valence-corrected chi connectivity index (χ3v) is 3.35. The van der Waals surface area contributed by atoms with Crippen LogP contribution in [0.2, 0.25) is 0 Å². The molecule has 2 aromatic carbocycles. The van der Waals surface area contributed by atoms with E-state index < -0.39 is 24.5 Å². The van der Waals surface area contributed by atoms with Gasteiger partial charge in [-0.2, -0.15) is 0 Å². The van der Waals surface area contributed by atoms with E-state index in [1.165, 1.54) is 18.2 Å². The summed E-state index contributed by atoms with van der Waals surface area (Å²) in [6, 6.07) is 12.5. The summed E-state index contributed by atoms with van der Waals surface area (Å²) in [6.45, 7) is 1.43.